The molecule has 1 N–H and O–H groups in total. The van der Waals surface area contributed by atoms with E-state index in [9.17, 15) is 59.9 Å². The number of nitrogens with zero attached hydrogens (tertiary/aromatic N) is 8. The maximum Gasteiger partial charge on any atom is 0.355 e. The average molecular weight is 851 g/mol. The van der Waals surface area contributed by atoms with Gasteiger partial charge in [-0.2, -0.15) is 0 Å². The Morgan fingerprint density at radius 1 is 0.952 bits per heavy atom. The molecule has 0 saturated heterocycles. The summed E-state index contributed by atoms with van der Waals surface area (Å²) in [5.41, 5.74) is -6.23. The molecular formula is C39H30N8O15. The van der Waals surface area contributed by atoms with Gasteiger partial charge in [0.25, 0.3) is 28.3 Å². The van der Waals surface area contributed by atoms with E-state index in [1.54, 1.807) is 6.07 Å². The molecule has 5 aromatic rings. The summed E-state index contributed by atoms with van der Waals surface area (Å²) in [4.78, 5) is 97.9. The van der Waals surface area contributed by atoms with Crippen LogP contribution in [0, 0.1) is 40.5 Å². The van der Waals surface area contributed by atoms with Crippen molar-refractivity contribution in [2.24, 2.45) is 5.16 Å². The summed E-state index contributed by atoms with van der Waals surface area (Å²) < 4.78 is 12.7. The van der Waals surface area contributed by atoms with Gasteiger partial charge in [-0.3, -0.25) is 45.3 Å². The maximum atomic E-state index is 14.1. The summed E-state index contributed by atoms with van der Waals surface area (Å²) in [5, 5.41) is 63.2. The second-order valence-electron chi connectivity index (χ2n) is 14.8. The molecule has 2 aliphatic heterocycles. The quantitative estimate of drug-likeness (QED) is 0.103. The number of carbonyl (C=O) groups is 2. The number of ether oxygens (including phenoxy) is 2. The molecule has 3 aromatic carbocycles. The molecule has 3 aliphatic rings. The molecule has 23 heteroatoms. The zero-order chi connectivity index (χ0) is 44.7. The Morgan fingerprint density at radius 3 is 2.11 bits per heavy atom. The van der Waals surface area contributed by atoms with Gasteiger partial charge in [0.05, 0.1) is 72.0 Å². The van der Waals surface area contributed by atoms with E-state index in [0.29, 0.717) is 52.1 Å². The number of benzene rings is 3. The van der Waals surface area contributed by atoms with Crippen molar-refractivity contribution in [2.45, 2.75) is 51.7 Å². The van der Waals surface area contributed by atoms with Gasteiger partial charge in [-0.05, 0) is 51.7 Å². The number of non-ortho nitro benzene ring substituents is 2. The van der Waals surface area contributed by atoms with Gasteiger partial charge in [-0.15, -0.1) is 0 Å². The molecule has 8 rings (SSSR count). The molecule has 0 radical (unpaired) electrons. The van der Waals surface area contributed by atoms with Crippen LogP contribution in [-0.4, -0.2) is 77.1 Å². The van der Waals surface area contributed by atoms with Crippen LogP contribution in [0.2, 0.25) is 0 Å². The Bertz CT molecular complexity index is 2930. The summed E-state index contributed by atoms with van der Waals surface area (Å²) in [6.07, 6.45) is -2.02. The van der Waals surface area contributed by atoms with Gasteiger partial charge in [-0.1, -0.05) is 12.1 Å². The Labute approximate surface area is 346 Å². The number of phenols is 1. The van der Waals surface area contributed by atoms with E-state index in [2.05, 4.69) is 5.16 Å². The van der Waals surface area contributed by atoms with E-state index in [-0.39, 0.29) is 29.8 Å². The Kier molecular flexibility index (Phi) is 9.49. The van der Waals surface area contributed by atoms with Crippen molar-refractivity contribution in [1.29, 1.82) is 0 Å². The summed E-state index contributed by atoms with van der Waals surface area (Å²) >= 11 is 0. The number of fused-ring (bicyclic) bond motifs is 8. The van der Waals surface area contributed by atoms with Crippen LogP contribution in [0.4, 0.5) is 22.7 Å². The van der Waals surface area contributed by atoms with Crippen molar-refractivity contribution in [3.63, 3.8) is 0 Å². The van der Waals surface area contributed by atoms with Crippen molar-refractivity contribution in [1.82, 2.24) is 14.5 Å². The third-order valence-electron chi connectivity index (χ3n) is 10.9. The number of nitro benzene ring substituents is 4. The molecule has 0 unspecified atom stereocenters. The van der Waals surface area contributed by atoms with Gasteiger partial charge >= 0.3 is 11.9 Å². The predicted octanol–water partition coefficient (Wildman–Crippen LogP) is 4.87. The zero-order valence-electron chi connectivity index (χ0n) is 32.8. The second kappa shape index (κ2) is 14.5. The van der Waals surface area contributed by atoms with E-state index in [4.69, 9.17) is 19.3 Å². The van der Waals surface area contributed by atoms with Gasteiger partial charge < -0.3 is 28.9 Å². The molecule has 1 aliphatic carbocycles. The lowest BCUT2D eigenvalue weighted by molar-refractivity contribution is -0.395. The molecule has 2 aromatic heterocycles. The lowest BCUT2D eigenvalue weighted by Gasteiger charge is -2.36. The van der Waals surface area contributed by atoms with Crippen molar-refractivity contribution >= 4 is 51.3 Å². The number of nitro groups is 4. The van der Waals surface area contributed by atoms with Crippen molar-refractivity contribution in [3.05, 3.63) is 133 Å². The topological polar surface area (TPSA) is 305 Å². The first kappa shape index (κ1) is 40.6. The third kappa shape index (κ3) is 6.20. The second-order valence-corrected chi connectivity index (χ2v) is 14.8. The molecule has 62 heavy (non-hydrogen) atoms. The largest absolute Gasteiger partial charge is 0.508 e. The number of aromatic hydroxyl groups is 1. The number of pyridine rings is 2. The normalized spacial score (nSPS) is 16.1. The Hall–Kier alpha value is -8.21. The summed E-state index contributed by atoms with van der Waals surface area (Å²) in [7, 11) is 3.70. The molecule has 23 nitrogen and oxygen atoms in total. The maximum absolute atomic E-state index is 14.1. The van der Waals surface area contributed by atoms with Gasteiger partial charge in [0.2, 0.25) is 11.7 Å². The molecule has 0 amide bonds. The van der Waals surface area contributed by atoms with Crippen molar-refractivity contribution in [2.75, 3.05) is 14.1 Å². The number of hydrogen-bond acceptors (Lipinski definition) is 18. The molecular weight excluding hydrogens is 820 g/mol. The molecule has 4 heterocycles. The average Bonchev–Trinajstić information content (AvgIpc) is 3.75. The van der Waals surface area contributed by atoms with Crippen LogP contribution in [0.5, 0.6) is 5.75 Å². The molecule has 0 bridgehead atoms. The third-order valence-corrected chi connectivity index (χ3v) is 10.9. The molecule has 0 saturated carbocycles. The molecule has 316 valence electrons. The van der Waals surface area contributed by atoms with Crippen LogP contribution in [0.3, 0.4) is 0 Å². The highest BCUT2D eigenvalue weighted by atomic mass is 16.7. The molecule has 0 spiro atoms. The highest BCUT2D eigenvalue weighted by molar-refractivity contribution is 6.27. The monoisotopic (exact) mass is 850 g/mol. The van der Waals surface area contributed by atoms with Gasteiger partial charge in [-0.25, -0.2) is 14.6 Å². The van der Waals surface area contributed by atoms with Crippen LogP contribution >= 0.6 is 0 Å². The number of aromatic nitrogens is 2. The lowest BCUT2D eigenvalue weighted by Crippen LogP contribution is -2.48. The first-order valence-electron chi connectivity index (χ1n) is 18.5. The van der Waals surface area contributed by atoms with Crippen LogP contribution in [-0.2, 0) is 49.2 Å². The zero-order valence-corrected chi connectivity index (χ0v) is 32.8. The lowest BCUT2D eigenvalue weighted by atomic mass is 9.85. The van der Waals surface area contributed by atoms with Gasteiger partial charge in [0, 0.05) is 51.9 Å². The standard InChI is InChI=1S/C39H30N8O15/c1-5-39(26-13-30-34-18(14-43(30)36(49)25(26)16-60-38(39)51)8-21-24(15-42(3)4)31(48)7-6-27(21)40-34)61-37(50)17(2)62-41-35-22-9-19(44(52)53)11-28(46(56)57)32(22)33-23(35)10-20(45(54)55)12-29(33)47(58)59/h6-13,17,48H,5,14-16H2,1-4H3/t17-,39+/m1/s1. The number of phenolic OH excluding ortho intramolecular Hbond substituents is 1. The SMILES string of the molecule is CC[C@@]1(OC(=O)[C@@H](C)ON=C2c3cc([N+](=O)[O-])cc([N+](=O)[O-])c3-c3c2cc([N+](=O)[O-])cc3[N+](=O)[O-])C(=O)OCc2c1cc1n(c2=O)Cc2cc3c(CN(C)C)c(O)ccc3nc2-1. The fraction of sp³-hybridized carbons (Fsp3) is 0.256. The van der Waals surface area contributed by atoms with Gasteiger partial charge in [0.15, 0.2) is 0 Å². The van der Waals surface area contributed by atoms with Crippen LogP contribution in [0.25, 0.3) is 33.4 Å². The van der Waals surface area contributed by atoms with Crippen LogP contribution < -0.4 is 5.56 Å². The minimum Gasteiger partial charge on any atom is -0.508 e. The Morgan fingerprint density at radius 2 is 1.56 bits per heavy atom. The first-order valence-corrected chi connectivity index (χ1v) is 18.5. The van der Waals surface area contributed by atoms with Crippen molar-refractivity contribution < 1.29 is 48.7 Å². The number of esters is 2. The van der Waals surface area contributed by atoms with E-state index < -0.39 is 106 Å². The summed E-state index contributed by atoms with van der Waals surface area (Å²) in [6, 6.07) is 9.27. The minimum atomic E-state index is -2.22. The highest BCUT2D eigenvalue weighted by Crippen LogP contribution is 2.50. The smallest absolute Gasteiger partial charge is 0.355 e. The van der Waals surface area contributed by atoms with E-state index in [0.717, 1.165) is 19.1 Å². The Balaban J connectivity index is 1.19. The highest BCUT2D eigenvalue weighted by Gasteiger charge is 2.51. The van der Waals surface area contributed by atoms with Crippen molar-refractivity contribution in [3.8, 4) is 28.3 Å². The number of cyclic esters (lactones) is 1. The molecule has 2 atom stereocenters. The van der Waals surface area contributed by atoms with E-state index >= 15 is 0 Å². The van der Waals surface area contributed by atoms with Crippen LogP contribution in [0.15, 0.2) is 58.5 Å². The number of hydrogen-bond donors (Lipinski definition) is 1. The predicted molar refractivity (Wildman–Crippen MR) is 212 cm³/mol. The number of oxime groups is 1. The summed E-state index contributed by atoms with van der Waals surface area (Å²) in [5.74, 6) is -2.20. The van der Waals surface area contributed by atoms with E-state index in [1.807, 2.05) is 25.1 Å². The first-order chi connectivity index (χ1) is 29.4. The number of rotatable bonds is 11. The van der Waals surface area contributed by atoms with Gasteiger partial charge in [0.1, 0.15) is 18.1 Å². The van der Waals surface area contributed by atoms with Crippen LogP contribution in [0.1, 0.15) is 53.6 Å². The molecule has 0 fully saturated rings. The fourth-order valence-electron chi connectivity index (χ4n) is 8.03. The fourth-order valence-corrected chi connectivity index (χ4v) is 8.03. The summed E-state index contributed by atoms with van der Waals surface area (Å²) in [6.45, 7) is 2.68. The minimum absolute atomic E-state index is 0.0191. The number of carbonyl (C=O) groups excluding carboxylic acids is 2. The van der Waals surface area contributed by atoms with E-state index in [1.165, 1.54) is 23.6 Å².